The molecule has 0 aliphatic heterocycles. The minimum absolute atomic E-state index is 0.0566. The van der Waals surface area contributed by atoms with Gasteiger partial charge in [0.25, 0.3) is 5.91 Å². The van der Waals surface area contributed by atoms with E-state index >= 15 is 0 Å². The highest BCUT2D eigenvalue weighted by molar-refractivity contribution is 6.33. The van der Waals surface area contributed by atoms with E-state index in [1.807, 2.05) is 12.1 Å². The van der Waals surface area contributed by atoms with Crippen molar-refractivity contribution >= 4 is 40.1 Å². The number of carboxylic acids is 1. The van der Waals surface area contributed by atoms with Crippen LogP contribution in [-0.4, -0.2) is 24.1 Å². The molecule has 0 aliphatic rings. The van der Waals surface area contributed by atoms with Gasteiger partial charge in [-0.2, -0.15) is 0 Å². The van der Waals surface area contributed by atoms with Crippen molar-refractivity contribution in [2.75, 3.05) is 12.4 Å². The summed E-state index contributed by atoms with van der Waals surface area (Å²) in [5, 5.41) is 12.7. The van der Waals surface area contributed by atoms with Crippen LogP contribution in [0.5, 0.6) is 5.75 Å². The molecule has 0 unspecified atom stereocenters. The van der Waals surface area contributed by atoms with E-state index in [4.69, 9.17) is 20.8 Å². The van der Waals surface area contributed by atoms with Crippen molar-refractivity contribution in [1.82, 2.24) is 0 Å². The van der Waals surface area contributed by atoms with Gasteiger partial charge in [0.2, 0.25) is 0 Å². The van der Waals surface area contributed by atoms with E-state index in [1.54, 1.807) is 42.5 Å². The fourth-order valence-electron chi connectivity index (χ4n) is 3.28. The molecule has 1 heterocycles. The summed E-state index contributed by atoms with van der Waals surface area (Å²) in [5.74, 6) is -1.54. The molecular weight excluding hydrogens is 434 g/mol. The number of halogens is 1. The average molecular weight is 450 g/mol. The van der Waals surface area contributed by atoms with Gasteiger partial charge in [-0.1, -0.05) is 41.9 Å². The van der Waals surface area contributed by atoms with Crippen LogP contribution in [0.4, 0.5) is 5.69 Å². The van der Waals surface area contributed by atoms with Crippen molar-refractivity contribution in [1.29, 1.82) is 0 Å². The molecule has 1 amide bonds. The van der Waals surface area contributed by atoms with E-state index in [0.717, 1.165) is 5.39 Å². The zero-order valence-corrected chi connectivity index (χ0v) is 17.5. The summed E-state index contributed by atoms with van der Waals surface area (Å²) >= 11 is 6.07. The maximum absolute atomic E-state index is 12.7. The summed E-state index contributed by atoms with van der Waals surface area (Å²) < 4.78 is 10.6. The fraction of sp³-hybridized carbons (Fsp3) is 0.0417. The minimum Gasteiger partial charge on any atom is -0.493 e. The van der Waals surface area contributed by atoms with Gasteiger partial charge in [-0.3, -0.25) is 4.79 Å². The molecule has 2 N–H and O–H groups in total. The molecule has 4 aromatic rings. The van der Waals surface area contributed by atoms with Gasteiger partial charge in [0.05, 0.1) is 28.9 Å². The van der Waals surface area contributed by atoms with Crippen LogP contribution < -0.4 is 15.7 Å². The number of hydrogen-bond donors (Lipinski definition) is 2. The standard InChI is InChI=1S/C24H16ClNO6/c1-31-21-18(25)11-16(23(28)29)12-19(21)26-22(27)14-8-6-13(7-9-14)17-10-15-4-2-3-5-20(15)32-24(17)30/h2-12H,1H3,(H,26,27)(H,28,29). The first kappa shape index (κ1) is 21.1. The summed E-state index contributed by atoms with van der Waals surface area (Å²) in [4.78, 5) is 36.4. The first-order valence-electron chi connectivity index (χ1n) is 9.43. The van der Waals surface area contributed by atoms with Gasteiger partial charge >= 0.3 is 11.6 Å². The summed E-state index contributed by atoms with van der Waals surface area (Å²) in [7, 11) is 1.36. The Kier molecular flexibility index (Phi) is 5.66. The Bertz CT molecular complexity index is 1410. The second-order valence-electron chi connectivity index (χ2n) is 6.86. The Morgan fingerprint density at radius 1 is 1.00 bits per heavy atom. The van der Waals surface area contributed by atoms with E-state index in [2.05, 4.69) is 5.32 Å². The maximum Gasteiger partial charge on any atom is 0.344 e. The Hall–Kier alpha value is -4.10. The molecule has 160 valence electrons. The van der Waals surface area contributed by atoms with Crippen LogP contribution in [-0.2, 0) is 0 Å². The molecular formula is C24H16ClNO6. The lowest BCUT2D eigenvalue weighted by Crippen LogP contribution is -2.13. The highest BCUT2D eigenvalue weighted by Gasteiger charge is 2.17. The van der Waals surface area contributed by atoms with Gasteiger partial charge in [-0.25, -0.2) is 9.59 Å². The van der Waals surface area contributed by atoms with Crippen molar-refractivity contribution in [3.63, 3.8) is 0 Å². The number of nitrogens with one attached hydrogen (secondary N) is 1. The van der Waals surface area contributed by atoms with Crippen molar-refractivity contribution in [3.8, 4) is 16.9 Å². The van der Waals surface area contributed by atoms with Gasteiger partial charge < -0.3 is 19.6 Å². The number of para-hydroxylation sites is 1. The molecule has 0 fully saturated rings. The average Bonchev–Trinajstić information content (AvgIpc) is 2.78. The van der Waals surface area contributed by atoms with Crippen molar-refractivity contribution < 1.29 is 23.8 Å². The van der Waals surface area contributed by atoms with E-state index in [9.17, 15) is 19.5 Å². The van der Waals surface area contributed by atoms with Gasteiger partial charge in [-0.05, 0) is 42.0 Å². The maximum atomic E-state index is 12.7. The van der Waals surface area contributed by atoms with Crippen molar-refractivity contribution in [2.24, 2.45) is 0 Å². The third-order valence-corrected chi connectivity index (χ3v) is 5.12. The predicted octanol–water partition coefficient (Wildman–Crippen LogP) is 5.07. The number of fused-ring (bicyclic) bond motifs is 1. The number of amides is 1. The Morgan fingerprint density at radius 3 is 2.41 bits per heavy atom. The monoisotopic (exact) mass is 449 g/mol. The molecule has 8 heteroatoms. The van der Waals surface area contributed by atoms with E-state index < -0.39 is 17.5 Å². The predicted molar refractivity (Wildman–Crippen MR) is 121 cm³/mol. The Morgan fingerprint density at radius 2 is 1.72 bits per heavy atom. The number of hydrogen-bond acceptors (Lipinski definition) is 5. The SMILES string of the molecule is COc1c(Cl)cc(C(=O)O)cc1NC(=O)c1ccc(-c2cc3ccccc3oc2=O)cc1. The molecule has 7 nitrogen and oxygen atoms in total. The lowest BCUT2D eigenvalue weighted by Gasteiger charge is -2.13. The van der Waals surface area contributed by atoms with Crippen LogP contribution in [0.1, 0.15) is 20.7 Å². The molecule has 4 rings (SSSR count). The van der Waals surface area contributed by atoms with Crippen LogP contribution in [0.2, 0.25) is 5.02 Å². The largest absolute Gasteiger partial charge is 0.493 e. The smallest absolute Gasteiger partial charge is 0.344 e. The molecule has 0 saturated carbocycles. The zero-order chi connectivity index (χ0) is 22.8. The first-order valence-corrected chi connectivity index (χ1v) is 9.80. The summed E-state index contributed by atoms with van der Waals surface area (Å²) in [5.41, 5.74) is 1.30. The molecule has 0 atom stereocenters. The molecule has 0 spiro atoms. The topological polar surface area (TPSA) is 106 Å². The third-order valence-electron chi connectivity index (χ3n) is 4.84. The molecule has 0 radical (unpaired) electrons. The second-order valence-corrected chi connectivity index (χ2v) is 7.27. The number of carbonyl (C=O) groups is 2. The summed E-state index contributed by atoms with van der Waals surface area (Å²) in [6, 6.07) is 17.8. The van der Waals surface area contributed by atoms with E-state index in [0.29, 0.717) is 16.7 Å². The number of aromatic carboxylic acids is 1. The van der Waals surface area contributed by atoms with Crippen LogP contribution in [0.3, 0.4) is 0 Å². The van der Waals surface area contributed by atoms with Gasteiger partial charge in [-0.15, -0.1) is 0 Å². The number of ether oxygens (including phenoxy) is 1. The van der Waals surface area contributed by atoms with Crippen LogP contribution in [0.25, 0.3) is 22.1 Å². The van der Waals surface area contributed by atoms with Crippen molar-refractivity contribution in [3.05, 3.63) is 93.3 Å². The number of anilines is 1. The zero-order valence-electron chi connectivity index (χ0n) is 16.7. The lowest BCUT2D eigenvalue weighted by atomic mass is 10.0. The first-order chi connectivity index (χ1) is 15.4. The van der Waals surface area contributed by atoms with Gasteiger partial charge in [0.1, 0.15) is 5.58 Å². The van der Waals surface area contributed by atoms with Gasteiger partial charge in [0, 0.05) is 10.9 Å². The Balaban J connectivity index is 1.63. The number of carbonyl (C=O) groups excluding carboxylic acids is 1. The van der Waals surface area contributed by atoms with Crippen LogP contribution in [0.15, 0.2) is 75.9 Å². The lowest BCUT2D eigenvalue weighted by molar-refractivity contribution is 0.0696. The van der Waals surface area contributed by atoms with Crippen LogP contribution >= 0.6 is 11.6 Å². The van der Waals surface area contributed by atoms with Gasteiger partial charge in [0.15, 0.2) is 5.75 Å². The number of methoxy groups -OCH3 is 1. The minimum atomic E-state index is -1.19. The molecule has 0 bridgehead atoms. The molecule has 32 heavy (non-hydrogen) atoms. The summed E-state index contributed by atoms with van der Waals surface area (Å²) in [6.07, 6.45) is 0. The highest BCUT2D eigenvalue weighted by Crippen LogP contribution is 2.35. The third kappa shape index (κ3) is 4.06. The number of rotatable bonds is 5. The normalized spacial score (nSPS) is 10.7. The Labute approximate surface area is 186 Å². The quantitative estimate of drug-likeness (QED) is 0.412. The van der Waals surface area contributed by atoms with E-state index in [-0.39, 0.29) is 27.6 Å². The number of carboxylic acid groups (broad SMARTS) is 1. The molecule has 1 aromatic heterocycles. The molecule has 3 aromatic carbocycles. The van der Waals surface area contributed by atoms with E-state index in [1.165, 1.54) is 19.2 Å². The number of benzene rings is 3. The summed E-state index contributed by atoms with van der Waals surface area (Å²) in [6.45, 7) is 0. The molecule has 0 saturated heterocycles. The molecule has 0 aliphatic carbocycles. The highest BCUT2D eigenvalue weighted by atomic mass is 35.5. The fourth-order valence-corrected chi connectivity index (χ4v) is 3.57. The van der Waals surface area contributed by atoms with Crippen LogP contribution in [0, 0.1) is 0 Å². The second kappa shape index (κ2) is 8.56. The van der Waals surface area contributed by atoms with Crippen molar-refractivity contribution in [2.45, 2.75) is 0 Å².